The molecule has 0 aliphatic carbocycles. The standard InChI is InChI=1S/C17H21N3O4S/c1-12(10-22-2)18-17(25)20-19-16(21)15-9-8-14(24-15)11-23-13-6-4-3-5-7-13/h3-9,12H,10-11H2,1-2H3,(H,19,21)(H2,18,20,25)/t12-/m0/s1. The fraction of sp³-hybridized carbons (Fsp3) is 0.294. The second kappa shape index (κ2) is 9.65. The lowest BCUT2D eigenvalue weighted by Gasteiger charge is -2.16. The molecule has 0 saturated carbocycles. The molecule has 2 rings (SSSR count). The van der Waals surface area contributed by atoms with Gasteiger partial charge in [-0.05, 0) is 43.4 Å². The third kappa shape index (κ3) is 6.44. The Morgan fingerprint density at radius 3 is 2.68 bits per heavy atom. The summed E-state index contributed by atoms with van der Waals surface area (Å²) in [5, 5.41) is 3.25. The molecule has 1 aromatic heterocycles. The van der Waals surface area contributed by atoms with Crippen molar-refractivity contribution >= 4 is 23.2 Å². The number of ether oxygens (including phenoxy) is 2. The molecule has 8 heteroatoms. The number of rotatable bonds is 7. The van der Waals surface area contributed by atoms with Crippen molar-refractivity contribution in [1.82, 2.24) is 16.2 Å². The molecule has 25 heavy (non-hydrogen) atoms. The van der Waals surface area contributed by atoms with Gasteiger partial charge in [0.1, 0.15) is 18.1 Å². The SMILES string of the molecule is COC[C@H](C)NC(=S)NNC(=O)c1ccc(COc2ccccc2)o1. The van der Waals surface area contributed by atoms with Gasteiger partial charge in [-0.15, -0.1) is 0 Å². The average Bonchev–Trinajstić information content (AvgIpc) is 3.08. The minimum Gasteiger partial charge on any atom is -0.486 e. The lowest BCUT2D eigenvalue weighted by molar-refractivity contribution is 0.0911. The second-order valence-corrected chi connectivity index (χ2v) is 5.68. The lowest BCUT2D eigenvalue weighted by Crippen LogP contribution is -2.49. The van der Waals surface area contributed by atoms with Gasteiger partial charge in [-0.2, -0.15) is 0 Å². The average molecular weight is 363 g/mol. The number of hydrogen-bond acceptors (Lipinski definition) is 5. The van der Waals surface area contributed by atoms with Gasteiger partial charge in [0.05, 0.1) is 6.61 Å². The molecular weight excluding hydrogens is 342 g/mol. The zero-order chi connectivity index (χ0) is 18.1. The van der Waals surface area contributed by atoms with Crippen LogP contribution in [0.3, 0.4) is 0 Å². The van der Waals surface area contributed by atoms with Gasteiger partial charge in [-0.1, -0.05) is 18.2 Å². The van der Waals surface area contributed by atoms with Gasteiger partial charge in [0.15, 0.2) is 10.9 Å². The Morgan fingerprint density at radius 2 is 1.96 bits per heavy atom. The molecule has 134 valence electrons. The number of furan rings is 1. The molecule has 0 saturated heterocycles. The summed E-state index contributed by atoms with van der Waals surface area (Å²) in [7, 11) is 1.60. The number of carbonyl (C=O) groups excluding carboxylic acids is 1. The second-order valence-electron chi connectivity index (χ2n) is 5.28. The Bertz CT molecular complexity index is 690. The van der Waals surface area contributed by atoms with Gasteiger partial charge in [0, 0.05) is 13.2 Å². The summed E-state index contributed by atoms with van der Waals surface area (Å²) in [6.07, 6.45) is 0. The molecule has 1 amide bonds. The maximum Gasteiger partial charge on any atom is 0.305 e. The molecule has 1 atom stereocenters. The number of nitrogens with one attached hydrogen (secondary N) is 3. The van der Waals surface area contributed by atoms with Crippen LogP contribution in [0.5, 0.6) is 5.75 Å². The van der Waals surface area contributed by atoms with Crippen molar-refractivity contribution in [2.45, 2.75) is 19.6 Å². The van der Waals surface area contributed by atoms with E-state index >= 15 is 0 Å². The summed E-state index contributed by atoms with van der Waals surface area (Å²) in [6, 6.07) is 12.6. The van der Waals surface area contributed by atoms with Crippen LogP contribution in [0.2, 0.25) is 0 Å². The Balaban J connectivity index is 1.77. The predicted octanol–water partition coefficient (Wildman–Crippen LogP) is 2.00. The Kier molecular flexibility index (Phi) is 7.24. The smallest absolute Gasteiger partial charge is 0.305 e. The zero-order valence-electron chi connectivity index (χ0n) is 14.1. The predicted molar refractivity (Wildman–Crippen MR) is 97.2 cm³/mol. The zero-order valence-corrected chi connectivity index (χ0v) is 14.9. The first-order chi connectivity index (χ1) is 12.1. The van der Waals surface area contributed by atoms with Gasteiger partial charge in [-0.25, -0.2) is 0 Å². The molecule has 1 heterocycles. The molecule has 3 N–H and O–H groups in total. The topological polar surface area (TPSA) is 84.8 Å². The third-order valence-electron chi connectivity index (χ3n) is 3.09. The quantitative estimate of drug-likeness (QED) is 0.512. The number of hydrogen-bond donors (Lipinski definition) is 3. The fourth-order valence-corrected chi connectivity index (χ4v) is 2.23. The van der Waals surface area contributed by atoms with E-state index < -0.39 is 5.91 Å². The molecular formula is C17H21N3O4S. The van der Waals surface area contributed by atoms with Crippen LogP contribution in [0.15, 0.2) is 46.9 Å². The molecule has 0 aliphatic rings. The van der Waals surface area contributed by atoms with Crippen molar-refractivity contribution in [1.29, 1.82) is 0 Å². The van der Waals surface area contributed by atoms with Gasteiger partial charge in [-0.3, -0.25) is 15.6 Å². The van der Waals surface area contributed by atoms with Gasteiger partial charge >= 0.3 is 5.91 Å². The normalized spacial score (nSPS) is 11.4. The molecule has 0 unspecified atom stereocenters. The van der Waals surface area contributed by atoms with E-state index in [0.29, 0.717) is 12.4 Å². The largest absolute Gasteiger partial charge is 0.486 e. The number of hydrazine groups is 1. The van der Waals surface area contributed by atoms with Crippen molar-refractivity contribution in [3.8, 4) is 5.75 Å². The van der Waals surface area contributed by atoms with Crippen LogP contribution >= 0.6 is 12.2 Å². The van der Waals surface area contributed by atoms with Crippen molar-refractivity contribution in [2.75, 3.05) is 13.7 Å². The summed E-state index contributed by atoms with van der Waals surface area (Å²) in [6.45, 7) is 2.64. The van der Waals surface area contributed by atoms with E-state index in [4.69, 9.17) is 26.1 Å². The van der Waals surface area contributed by atoms with Crippen LogP contribution in [0, 0.1) is 0 Å². The van der Waals surface area contributed by atoms with Crippen LogP contribution in [0.1, 0.15) is 23.2 Å². The van der Waals surface area contributed by atoms with Gasteiger partial charge in [0.25, 0.3) is 0 Å². The highest BCUT2D eigenvalue weighted by atomic mass is 32.1. The number of benzene rings is 1. The van der Waals surface area contributed by atoms with E-state index in [-0.39, 0.29) is 23.5 Å². The maximum absolute atomic E-state index is 12.0. The minimum absolute atomic E-state index is 0.0206. The number of thiocarbonyl (C=S) groups is 1. The maximum atomic E-state index is 12.0. The van der Waals surface area contributed by atoms with E-state index in [0.717, 1.165) is 5.75 Å². The summed E-state index contributed by atoms with van der Waals surface area (Å²) < 4.78 is 16.0. The Labute approximate surface area is 151 Å². The highest BCUT2D eigenvalue weighted by Crippen LogP contribution is 2.13. The molecule has 1 aromatic carbocycles. The van der Waals surface area contributed by atoms with Crippen LogP contribution in [0.4, 0.5) is 0 Å². The first-order valence-corrected chi connectivity index (χ1v) is 8.11. The van der Waals surface area contributed by atoms with Gasteiger partial charge < -0.3 is 19.2 Å². The highest BCUT2D eigenvalue weighted by Gasteiger charge is 2.12. The third-order valence-corrected chi connectivity index (χ3v) is 3.31. The molecule has 0 spiro atoms. The summed E-state index contributed by atoms with van der Waals surface area (Å²) in [4.78, 5) is 12.0. The first kappa shape index (κ1) is 18.8. The minimum atomic E-state index is -0.436. The van der Waals surface area contributed by atoms with Crippen LogP contribution in [0.25, 0.3) is 0 Å². The molecule has 7 nitrogen and oxygen atoms in total. The van der Waals surface area contributed by atoms with Crippen molar-refractivity contribution in [2.24, 2.45) is 0 Å². The summed E-state index contributed by atoms with van der Waals surface area (Å²) in [5.74, 6) is 0.998. The molecule has 0 fully saturated rings. The number of methoxy groups -OCH3 is 1. The molecule has 0 radical (unpaired) electrons. The van der Waals surface area contributed by atoms with E-state index in [2.05, 4.69) is 16.2 Å². The van der Waals surface area contributed by atoms with Crippen LogP contribution in [-0.4, -0.2) is 30.8 Å². The van der Waals surface area contributed by atoms with E-state index in [1.54, 1.807) is 19.2 Å². The lowest BCUT2D eigenvalue weighted by atomic mass is 10.3. The van der Waals surface area contributed by atoms with Gasteiger partial charge in [0.2, 0.25) is 0 Å². The molecule has 2 aromatic rings. The van der Waals surface area contributed by atoms with Crippen molar-refractivity contribution in [3.63, 3.8) is 0 Å². The van der Waals surface area contributed by atoms with E-state index in [1.165, 1.54) is 0 Å². The highest BCUT2D eigenvalue weighted by molar-refractivity contribution is 7.80. The summed E-state index contributed by atoms with van der Waals surface area (Å²) in [5.41, 5.74) is 5.08. The van der Waals surface area contributed by atoms with E-state index in [1.807, 2.05) is 37.3 Å². The monoisotopic (exact) mass is 363 g/mol. The van der Waals surface area contributed by atoms with Crippen LogP contribution < -0.4 is 20.9 Å². The molecule has 0 bridgehead atoms. The van der Waals surface area contributed by atoms with E-state index in [9.17, 15) is 4.79 Å². The van der Waals surface area contributed by atoms with Crippen molar-refractivity contribution in [3.05, 3.63) is 54.0 Å². The Hall–Kier alpha value is -2.58. The number of carbonyl (C=O) groups is 1. The fourth-order valence-electron chi connectivity index (χ4n) is 1.98. The Morgan fingerprint density at radius 1 is 1.20 bits per heavy atom. The number of para-hydroxylation sites is 1. The number of amides is 1. The molecule has 0 aliphatic heterocycles. The summed E-state index contributed by atoms with van der Waals surface area (Å²) >= 11 is 5.07. The van der Waals surface area contributed by atoms with Crippen LogP contribution in [-0.2, 0) is 11.3 Å². The van der Waals surface area contributed by atoms with Crippen molar-refractivity contribution < 1.29 is 18.7 Å². The first-order valence-electron chi connectivity index (χ1n) is 7.71.